The van der Waals surface area contributed by atoms with Gasteiger partial charge in [0.2, 0.25) is 6.67 Å². The van der Waals surface area contributed by atoms with Crippen LogP contribution in [0.2, 0.25) is 0 Å². The van der Waals surface area contributed by atoms with Crippen molar-refractivity contribution >= 4 is 41.6 Å². The van der Waals surface area contributed by atoms with Gasteiger partial charge in [-0.1, -0.05) is 36.4 Å². The van der Waals surface area contributed by atoms with Crippen LogP contribution >= 0.6 is 0 Å². The summed E-state index contributed by atoms with van der Waals surface area (Å²) in [5.74, 6) is -0.553. The number of aromatic nitrogens is 1. The number of nitrogens with one attached hydrogen (secondary N) is 1. The molecule has 33 heavy (non-hydrogen) atoms. The summed E-state index contributed by atoms with van der Waals surface area (Å²) in [4.78, 5) is 30.9. The molecule has 2 amide bonds. The van der Waals surface area contributed by atoms with E-state index in [1.165, 1.54) is 0 Å². The van der Waals surface area contributed by atoms with Crippen LogP contribution in [0.4, 0.5) is 0 Å². The van der Waals surface area contributed by atoms with E-state index in [1.54, 1.807) is 6.21 Å². The van der Waals surface area contributed by atoms with Crippen LogP contribution in [0.25, 0.3) is 12.2 Å². The molecule has 1 aromatic heterocycles. The Hall–Kier alpha value is -3.65. The number of primary amides is 1. The molecule has 8 heteroatoms. The summed E-state index contributed by atoms with van der Waals surface area (Å²) >= 11 is 0. The quantitative estimate of drug-likeness (QED) is 0.381. The van der Waals surface area contributed by atoms with Gasteiger partial charge in [0, 0.05) is 25.2 Å². The van der Waals surface area contributed by atoms with Crippen molar-refractivity contribution in [1.82, 2.24) is 4.57 Å². The SMILES string of the molecule is NC(=O)C1=NC[N+]([C@@H](CO)CCn2ccc3c2=CC(=[NH+]C(=O)CCc2ccccc2)CC=3)=C1. The Labute approximate surface area is 191 Å². The second-order valence-electron chi connectivity index (χ2n) is 8.28. The van der Waals surface area contributed by atoms with Crippen molar-refractivity contribution in [2.24, 2.45) is 10.7 Å². The fourth-order valence-electron chi connectivity index (χ4n) is 4.12. The number of aryl methyl sites for hydroxylation is 2. The van der Waals surface area contributed by atoms with E-state index in [9.17, 15) is 14.7 Å². The Balaban J connectivity index is 1.42. The van der Waals surface area contributed by atoms with Gasteiger partial charge >= 0.3 is 5.91 Å². The lowest BCUT2D eigenvalue weighted by atomic mass is 10.1. The van der Waals surface area contributed by atoms with Gasteiger partial charge in [0.15, 0.2) is 23.7 Å². The number of rotatable bonds is 9. The second-order valence-corrected chi connectivity index (χ2v) is 8.28. The van der Waals surface area contributed by atoms with Crippen LogP contribution in [-0.4, -0.2) is 63.0 Å². The molecule has 2 aliphatic rings. The molecule has 4 rings (SSSR count). The van der Waals surface area contributed by atoms with Crippen LogP contribution in [0, 0.1) is 0 Å². The minimum absolute atomic E-state index is 0.00947. The molecule has 4 N–H and O–H groups in total. The molecule has 0 unspecified atom stereocenters. The molecule has 0 bridgehead atoms. The highest BCUT2D eigenvalue weighted by molar-refractivity contribution is 6.59. The highest BCUT2D eigenvalue weighted by Gasteiger charge is 2.26. The summed E-state index contributed by atoms with van der Waals surface area (Å²) in [6.07, 6.45) is 10.3. The lowest BCUT2D eigenvalue weighted by molar-refractivity contribution is -0.560. The summed E-state index contributed by atoms with van der Waals surface area (Å²) in [5, 5.41) is 12.0. The van der Waals surface area contributed by atoms with E-state index in [-0.39, 0.29) is 24.3 Å². The largest absolute Gasteiger partial charge is 0.389 e. The predicted octanol–water partition coefficient (Wildman–Crippen LogP) is -2.13. The number of carbonyl (C=O) groups excluding carboxylic acids is 2. The van der Waals surface area contributed by atoms with E-state index < -0.39 is 5.91 Å². The first-order valence-electron chi connectivity index (χ1n) is 11.2. The number of nitrogens with two attached hydrogens (primary N) is 1. The average molecular weight is 448 g/mol. The average Bonchev–Trinajstić information content (AvgIpc) is 3.47. The number of hydrogen-bond acceptors (Lipinski definition) is 4. The van der Waals surface area contributed by atoms with Crippen LogP contribution in [0.5, 0.6) is 0 Å². The maximum absolute atomic E-state index is 12.4. The van der Waals surface area contributed by atoms with Crippen molar-refractivity contribution in [3.8, 4) is 0 Å². The number of hydrogen-bond donors (Lipinski definition) is 3. The third-order valence-electron chi connectivity index (χ3n) is 6.00. The highest BCUT2D eigenvalue weighted by atomic mass is 16.3. The number of amides is 2. The summed E-state index contributed by atoms with van der Waals surface area (Å²) in [7, 11) is 0. The molecule has 0 fully saturated rings. The van der Waals surface area contributed by atoms with Crippen molar-refractivity contribution in [2.75, 3.05) is 13.3 Å². The van der Waals surface area contributed by atoms with Crippen LogP contribution in [0.1, 0.15) is 24.8 Å². The standard InChI is InChI=1S/C25H27N5O3/c26-25(33)22-15-30(17-27-22)21(16-31)11-13-29-12-10-19-7-8-20(14-23(19)29)28-24(32)9-6-18-4-2-1-3-5-18/h1-5,7,10,12,14-15,21,31H,6,8-9,11,13,16-17H2,(H-,26,33)/p+2/t21-/m1/s1. The first-order chi connectivity index (χ1) is 16.0. The molecule has 2 heterocycles. The number of aliphatic hydroxyl groups excluding tert-OH is 1. The molecule has 0 spiro atoms. The number of benzene rings is 1. The summed E-state index contributed by atoms with van der Waals surface area (Å²) in [6.45, 7) is 0.947. The van der Waals surface area contributed by atoms with Crippen molar-refractivity contribution in [3.05, 3.63) is 58.7 Å². The second kappa shape index (κ2) is 10.3. The molecular formula is C25H29N5O3+2. The van der Waals surface area contributed by atoms with E-state index in [4.69, 9.17) is 5.73 Å². The Morgan fingerprint density at radius 1 is 1.24 bits per heavy atom. The van der Waals surface area contributed by atoms with Gasteiger partial charge in [0.1, 0.15) is 6.61 Å². The first-order valence-corrected chi connectivity index (χ1v) is 11.2. The molecule has 0 radical (unpaired) electrons. The van der Waals surface area contributed by atoms with Gasteiger partial charge in [-0.25, -0.2) is 14.4 Å². The summed E-state index contributed by atoms with van der Waals surface area (Å²) in [6, 6.07) is 11.9. The van der Waals surface area contributed by atoms with E-state index >= 15 is 0 Å². The molecule has 8 nitrogen and oxygen atoms in total. The predicted molar refractivity (Wildman–Crippen MR) is 126 cm³/mol. The van der Waals surface area contributed by atoms with Crippen LogP contribution < -0.4 is 21.3 Å². The third kappa shape index (κ3) is 5.59. The van der Waals surface area contributed by atoms with Gasteiger partial charge in [-0.3, -0.25) is 4.79 Å². The topological polar surface area (TPSA) is 115 Å². The molecule has 170 valence electrons. The summed E-state index contributed by atoms with van der Waals surface area (Å²) < 4.78 is 3.96. The molecule has 1 aliphatic carbocycles. The molecule has 1 aromatic carbocycles. The Morgan fingerprint density at radius 2 is 2.06 bits per heavy atom. The van der Waals surface area contributed by atoms with Crippen molar-refractivity contribution in [2.45, 2.75) is 38.3 Å². The normalized spacial score (nSPS) is 16.9. The molecule has 0 saturated heterocycles. The number of aliphatic imine (C=N–C) groups is 1. The zero-order chi connectivity index (χ0) is 23.2. The van der Waals surface area contributed by atoms with Crippen LogP contribution in [-0.2, 0) is 22.6 Å². The zero-order valence-electron chi connectivity index (χ0n) is 18.5. The molecule has 1 atom stereocenters. The number of fused-ring (bicyclic) bond motifs is 1. The Morgan fingerprint density at radius 3 is 2.79 bits per heavy atom. The Bertz CT molecular complexity index is 1250. The lowest BCUT2D eigenvalue weighted by Crippen LogP contribution is -2.77. The zero-order valence-corrected chi connectivity index (χ0v) is 18.5. The lowest BCUT2D eigenvalue weighted by Gasteiger charge is -2.12. The minimum Gasteiger partial charge on any atom is -0.389 e. The Kier molecular flexibility index (Phi) is 7.04. The van der Waals surface area contributed by atoms with E-state index in [0.717, 1.165) is 21.8 Å². The van der Waals surface area contributed by atoms with Crippen LogP contribution in [0.3, 0.4) is 0 Å². The van der Waals surface area contributed by atoms with Gasteiger partial charge in [-0.15, -0.1) is 0 Å². The maximum atomic E-state index is 12.4. The van der Waals surface area contributed by atoms with Gasteiger partial charge in [-0.05, 0) is 23.3 Å². The van der Waals surface area contributed by atoms with Gasteiger partial charge in [-0.2, -0.15) is 4.99 Å². The fourth-order valence-corrected chi connectivity index (χ4v) is 4.12. The van der Waals surface area contributed by atoms with Crippen molar-refractivity contribution < 1.29 is 24.3 Å². The first kappa shape index (κ1) is 22.5. The fraction of sp³-hybridized carbons (Fsp3) is 0.320. The monoisotopic (exact) mass is 447 g/mol. The smallest absolute Gasteiger partial charge is 0.385 e. The molecular weight excluding hydrogens is 418 g/mol. The summed E-state index contributed by atoms with van der Waals surface area (Å²) in [5.41, 5.74) is 7.55. The van der Waals surface area contributed by atoms with Crippen molar-refractivity contribution in [3.63, 3.8) is 0 Å². The van der Waals surface area contributed by atoms with E-state index in [1.807, 2.05) is 47.2 Å². The van der Waals surface area contributed by atoms with E-state index in [0.29, 0.717) is 38.9 Å². The molecule has 2 aromatic rings. The highest BCUT2D eigenvalue weighted by Crippen LogP contribution is 2.04. The van der Waals surface area contributed by atoms with Gasteiger partial charge in [0.25, 0.3) is 5.91 Å². The van der Waals surface area contributed by atoms with Crippen LogP contribution in [0.15, 0.2) is 47.6 Å². The molecule has 1 aliphatic heterocycles. The minimum atomic E-state index is -0.562. The third-order valence-corrected chi connectivity index (χ3v) is 6.00. The van der Waals surface area contributed by atoms with Crippen molar-refractivity contribution in [1.29, 1.82) is 0 Å². The number of nitrogens with zero attached hydrogens (tertiary/aromatic N) is 3. The number of carbonyl (C=O) groups is 2. The number of aliphatic hydroxyl groups is 1. The van der Waals surface area contributed by atoms with Gasteiger partial charge < -0.3 is 15.4 Å². The maximum Gasteiger partial charge on any atom is 0.385 e. The van der Waals surface area contributed by atoms with Gasteiger partial charge in [0.05, 0.1) is 18.2 Å². The molecule has 0 saturated carbocycles. The van der Waals surface area contributed by atoms with E-state index in [2.05, 4.69) is 26.7 Å².